The van der Waals surface area contributed by atoms with Gasteiger partial charge in [0.1, 0.15) is 5.69 Å². The molecule has 1 N–H and O–H groups in total. The molecule has 0 unspecified atom stereocenters. The predicted molar refractivity (Wildman–Crippen MR) is 64.0 cm³/mol. The summed E-state index contributed by atoms with van der Waals surface area (Å²) in [5, 5.41) is 5.12. The van der Waals surface area contributed by atoms with Crippen LogP contribution in [-0.2, 0) is 4.74 Å². The van der Waals surface area contributed by atoms with Crippen molar-refractivity contribution in [3.05, 3.63) is 29.5 Å². The molecule has 0 aliphatic heterocycles. The first-order chi connectivity index (χ1) is 8.31. The number of thiazole rings is 1. The predicted octanol–water partition coefficient (Wildman–Crippen LogP) is 1.78. The Morgan fingerprint density at radius 1 is 1.65 bits per heavy atom. The summed E-state index contributed by atoms with van der Waals surface area (Å²) >= 11 is 1.38. The molecule has 0 saturated carbocycles. The lowest BCUT2D eigenvalue weighted by molar-refractivity contribution is 0.0933. The van der Waals surface area contributed by atoms with Gasteiger partial charge in [-0.3, -0.25) is 4.79 Å². The number of furan rings is 1. The maximum Gasteiger partial charge on any atom is 0.270 e. The van der Waals surface area contributed by atoms with Crippen LogP contribution in [-0.4, -0.2) is 31.2 Å². The van der Waals surface area contributed by atoms with Gasteiger partial charge in [0.25, 0.3) is 5.91 Å². The van der Waals surface area contributed by atoms with E-state index in [-0.39, 0.29) is 5.91 Å². The van der Waals surface area contributed by atoms with Crippen molar-refractivity contribution in [1.29, 1.82) is 0 Å². The second-order valence-corrected chi connectivity index (χ2v) is 4.12. The molecule has 0 aliphatic rings. The SMILES string of the molecule is COCCNC(=O)c1csc(-c2ccco2)n1. The number of hydrogen-bond donors (Lipinski definition) is 1. The molecule has 6 heteroatoms. The first-order valence-electron chi connectivity index (χ1n) is 5.08. The quantitative estimate of drug-likeness (QED) is 0.824. The van der Waals surface area contributed by atoms with Crippen LogP contribution in [0.4, 0.5) is 0 Å². The van der Waals surface area contributed by atoms with Crippen LogP contribution >= 0.6 is 11.3 Å². The van der Waals surface area contributed by atoms with E-state index < -0.39 is 0 Å². The van der Waals surface area contributed by atoms with E-state index in [0.29, 0.717) is 29.6 Å². The minimum atomic E-state index is -0.198. The van der Waals surface area contributed by atoms with Crippen molar-refractivity contribution < 1.29 is 13.9 Å². The van der Waals surface area contributed by atoms with Crippen LogP contribution in [0, 0.1) is 0 Å². The Balaban J connectivity index is 2.01. The van der Waals surface area contributed by atoms with Crippen LogP contribution in [0.1, 0.15) is 10.5 Å². The molecule has 17 heavy (non-hydrogen) atoms. The van der Waals surface area contributed by atoms with Crippen LogP contribution in [0.2, 0.25) is 0 Å². The number of carbonyl (C=O) groups is 1. The summed E-state index contributed by atoms with van der Waals surface area (Å²) in [6.07, 6.45) is 1.58. The summed E-state index contributed by atoms with van der Waals surface area (Å²) < 4.78 is 10.1. The number of rotatable bonds is 5. The summed E-state index contributed by atoms with van der Waals surface area (Å²) in [4.78, 5) is 15.9. The third-order valence-corrected chi connectivity index (χ3v) is 2.92. The van der Waals surface area contributed by atoms with Gasteiger partial charge in [-0.25, -0.2) is 4.98 Å². The van der Waals surface area contributed by atoms with Gasteiger partial charge in [0.2, 0.25) is 0 Å². The van der Waals surface area contributed by atoms with Crippen LogP contribution in [0.5, 0.6) is 0 Å². The number of nitrogens with zero attached hydrogens (tertiary/aromatic N) is 1. The Labute approximate surface area is 102 Å². The fraction of sp³-hybridized carbons (Fsp3) is 0.273. The topological polar surface area (TPSA) is 64.4 Å². The lowest BCUT2D eigenvalue weighted by Crippen LogP contribution is -2.27. The fourth-order valence-electron chi connectivity index (χ4n) is 1.25. The van der Waals surface area contributed by atoms with E-state index in [4.69, 9.17) is 9.15 Å². The van der Waals surface area contributed by atoms with Gasteiger partial charge in [-0.1, -0.05) is 0 Å². The Bertz CT molecular complexity index is 479. The third-order valence-electron chi connectivity index (χ3n) is 2.06. The summed E-state index contributed by atoms with van der Waals surface area (Å²) in [5.41, 5.74) is 0.400. The van der Waals surface area contributed by atoms with Gasteiger partial charge in [-0.05, 0) is 12.1 Å². The maximum absolute atomic E-state index is 11.6. The second-order valence-electron chi connectivity index (χ2n) is 3.26. The van der Waals surface area contributed by atoms with Crippen molar-refractivity contribution in [2.75, 3.05) is 20.3 Å². The van der Waals surface area contributed by atoms with Gasteiger partial charge in [0, 0.05) is 19.0 Å². The number of amides is 1. The zero-order valence-electron chi connectivity index (χ0n) is 9.30. The first kappa shape index (κ1) is 11.8. The standard InChI is InChI=1S/C11H12N2O3S/c1-15-6-4-12-10(14)8-7-17-11(13-8)9-3-2-5-16-9/h2-3,5,7H,4,6H2,1H3,(H,12,14). The van der Waals surface area contributed by atoms with Gasteiger partial charge in [0.15, 0.2) is 10.8 Å². The monoisotopic (exact) mass is 252 g/mol. The maximum atomic E-state index is 11.6. The number of ether oxygens (including phenoxy) is 1. The highest BCUT2D eigenvalue weighted by Crippen LogP contribution is 2.23. The highest BCUT2D eigenvalue weighted by atomic mass is 32.1. The molecule has 2 rings (SSSR count). The molecule has 5 nitrogen and oxygen atoms in total. The lowest BCUT2D eigenvalue weighted by atomic mass is 10.4. The van der Waals surface area contributed by atoms with Crippen LogP contribution in [0.25, 0.3) is 10.8 Å². The molecule has 2 heterocycles. The molecule has 0 atom stereocenters. The summed E-state index contributed by atoms with van der Waals surface area (Å²) in [5.74, 6) is 0.474. The summed E-state index contributed by atoms with van der Waals surface area (Å²) in [7, 11) is 1.59. The largest absolute Gasteiger partial charge is 0.462 e. The van der Waals surface area contributed by atoms with Crippen molar-refractivity contribution in [2.45, 2.75) is 0 Å². The number of methoxy groups -OCH3 is 1. The van der Waals surface area contributed by atoms with E-state index in [1.165, 1.54) is 11.3 Å². The minimum absolute atomic E-state index is 0.198. The minimum Gasteiger partial charge on any atom is -0.462 e. The lowest BCUT2D eigenvalue weighted by Gasteiger charge is -2.00. The number of hydrogen-bond acceptors (Lipinski definition) is 5. The normalized spacial score (nSPS) is 10.4. The number of carbonyl (C=O) groups excluding carboxylic acids is 1. The Hall–Kier alpha value is -1.66. The second kappa shape index (κ2) is 5.60. The molecular weight excluding hydrogens is 240 g/mol. The molecule has 0 aromatic carbocycles. The van der Waals surface area contributed by atoms with E-state index in [9.17, 15) is 4.79 Å². The van der Waals surface area contributed by atoms with E-state index in [1.54, 1.807) is 24.8 Å². The van der Waals surface area contributed by atoms with Crippen molar-refractivity contribution >= 4 is 17.2 Å². The van der Waals surface area contributed by atoms with Gasteiger partial charge >= 0.3 is 0 Å². The average molecular weight is 252 g/mol. The van der Waals surface area contributed by atoms with Crippen LogP contribution in [0.3, 0.4) is 0 Å². The Morgan fingerprint density at radius 3 is 3.24 bits per heavy atom. The first-order valence-corrected chi connectivity index (χ1v) is 5.96. The molecule has 0 spiro atoms. The van der Waals surface area contributed by atoms with E-state index in [1.807, 2.05) is 6.07 Å². The van der Waals surface area contributed by atoms with Crippen LogP contribution in [0.15, 0.2) is 28.2 Å². The van der Waals surface area contributed by atoms with Gasteiger partial charge in [-0.15, -0.1) is 11.3 Å². The van der Waals surface area contributed by atoms with Crippen molar-refractivity contribution in [3.8, 4) is 10.8 Å². The number of nitrogens with one attached hydrogen (secondary N) is 1. The van der Waals surface area contributed by atoms with E-state index in [2.05, 4.69) is 10.3 Å². The molecule has 1 amide bonds. The van der Waals surface area contributed by atoms with Crippen LogP contribution < -0.4 is 5.32 Å². The smallest absolute Gasteiger partial charge is 0.270 e. The Kier molecular flexibility index (Phi) is 3.89. The summed E-state index contributed by atoms with van der Waals surface area (Å²) in [6, 6.07) is 3.60. The van der Waals surface area contributed by atoms with Gasteiger partial charge in [-0.2, -0.15) is 0 Å². The zero-order chi connectivity index (χ0) is 12.1. The highest BCUT2D eigenvalue weighted by Gasteiger charge is 2.12. The molecule has 0 radical (unpaired) electrons. The average Bonchev–Trinajstić information content (AvgIpc) is 3.00. The van der Waals surface area contributed by atoms with Gasteiger partial charge in [0.05, 0.1) is 12.9 Å². The molecular formula is C11H12N2O3S. The highest BCUT2D eigenvalue weighted by molar-refractivity contribution is 7.13. The molecule has 2 aromatic rings. The zero-order valence-corrected chi connectivity index (χ0v) is 10.1. The van der Waals surface area contributed by atoms with Crippen molar-refractivity contribution in [2.24, 2.45) is 0 Å². The van der Waals surface area contributed by atoms with Gasteiger partial charge < -0.3 is 14.5 Å². The van der Waals surface area contributed by atoms with E-state index in [0.717, 1.165) is 0 Å². The summed E-state index contributed by atoms with van der Waals surface area (Å²) in [6.45, 7) is 0.962. The third kappa shape index (κ3) is 2.92. The molecule has 0 fully saturated rings. The molecule has 0 bridgehead atoms. The molecule has 0 aliphatic carbocycles. The van der Waals surface area contributed by atoms with E-state index >= 15 is 0 Å². The number of aromatic nitrogens is 1. The fourth-order valence-corrected chi connectivity index (χ4v) is 2.01. The molecule has 90 valence electrons. The van der Waals surface area contributed by atoms with Crippen molar-refractivity contribution in [3.63, 3.8) is 0 Å². The molecule has 0 saturated heterocycles. The van der Waals surface area contributed by atoms with Crippen molar-refractivity contribution in [1.82, 2.24) is 10.3 Å². The molecule has 2 aromatic heterocycles. The Morgan fingerprint density at radius 2 is 2.53 bits per heavy atom.